The lowest BCUT2D eigenvalue weighted by Gasteiger charge is -2.33. The van der Waals surface area contributed by atoms with Gasteiger partial charge in [0.2, 0.25) is 11.8 Å². The SMILES string of the molecule is CC[C@H](C(=O)NC(C)(C)C)N(Cc1ccccc1)C(=O)CSCc1ccc([N+](=O)[O-])cc1. The smallest absolute Gasteiger partial charge is 0.269 e. The molecular formula is C24H31N3O4S. The first-order valence-corrected chi connectivity index (χ1v) is 11.7. The number of carbonyl (C=O) groups is 2. The predicted octanol–water partition coefficient (Wildman–Crippen LogP) is 4.55. The molecule has 2 amide bonds. The van der Waals surface area contributed by atoms with Crippen LogP contribution in [0.3, 0.4) is 0 Å². The molecule has 1 N–H and O–H groups in total. The van der Waals surface area contributed by atoms with E-state index in [9.17, 15) is 19.7 Å². The van der Waals surface area contributed by atoms with E-state index in [1.165, 1.54) is 23.9 Å². The Morgan fingerprint density at radius 1 is 1.06 bits per heavy atom. The van der Waals surface area contributed by atoms with Gasteiger partial charge in [-0.15, -0.1) is 11.8 Å². The highest BCUT2D eigenvalue weighted by Gasteiger charge is 2.30. The van der Waals surface area contributed by atoms with Crippen molar-refractivity contribution in [2.24, 2.45) is 0 Å². The van der Waals surface area contributed by atoms with Crippen LogP contribution in [0.25, 0.3) is 0 Å². The lowest BCUT2D eigenvalue weighted by Crippen LogP contribution is -2.53. The van der Waals surface area contributed by atoms with Crippen LogP contribution in [-0.4, -0.2) is 39.0 Å². The van der Waals surface area contributed by atoms with E-state index >= 15 is 0 Å². The first-order chi connectivity index (χ1) is 15.1. The molecule has 0 saturated carbocycles. The Bertz CT molecular complexity index is 911. The van der Waals surface area contributed by atoms with Gasteiger partial charge in [-0.25, -0.2) is 0 Å². The van der Waals surface area contributed by atoms with Crippen LogP contribution in [0.4, 0.5) is 5.69 Å². The Labute approximate surface area is 193 Å². The van der Waals surface area contributed by atoms with Crippen molar-refractivity contribution in [3.05, 3.63) is 75.8 Å². The highest BCUT2D eigenvalue weighted by atomic mass is 32.2. The number of amides is 2. The van der Waals surface area contributed by atoms with Crippen molar-refractivity contribution in [3.8, 4) is 0 Å². The maximum atomic E-state index is 13.2. The maximum Gasteiger partial charge on any atom is 0.269 e. The number of nitro benzene ring substituents is 1. The standard InChI is InChI=1S/C24H31N3O4S/c1-5-21(23(29)25-24(2,3)4)26(15-18-9-7-6-8-10-18)22(28)17-32-16-19-11-13-20(14-12-19)27(30)31/h6-14,21H,5,15-17H2,1-4H3,(H,25,29)/t21-/m1/s1. The number of benzene rings is 2. The van der Waals surface area contributed by atoms with Crippen LogP contribution in [-0.2, 0) is 21.9 Å². The van der Waals surface area contributed by atoms with Crippen LogP contribution in [0.5, 0.6) is 0 Å². The van der Waals surface area contributed by atoms with E-state index in [-0.39, 0.29) is 23.3 Å². The average molecular weight is 458 g/mol. The summed E-state index contributed by atoms with van der Waals surface area (Å²) in [5, 5.41) is 13.8. The van der Waals surface area contributed by atoms with E-state index < -0.39 is 16.5 Å². The minimum Gasteiger partial charge on any atom is -0.350 e. The molecule has 0 aliphatic heterocycles. The van der Waals surface area contributed by atoms with Crippen molar-refractivity contribution < 1.29 is 14.5 Å². The molecule has 32 heavy (non-hydrogen) atoms. The second kappa shape index (κ2) is 11.7. The van der Waals surface area contributed by atoms with Crippen LogP contribution >= 0.6 is 11.8 Å². The molecular weight excluding hydrogens is 426 g/mol. The minimum absolute atomic E-state index is 0.0412. The number of nitro groups is 1. The number of hydrogen-bond donors (Lipinski definition) is 1. The summed E-state index contributed by atoms with van der Waals surface area (Å²) in [4.78, 5) is 38.1. The first-order valence-electron chi connectivity index (χ1n) is 10.6. The summed E-state index contributed by atoms with van der Waals surface area (Å²) in [6.45, 7) is 8.01. The molecule has 0 heterocycles. The zero-order chi connectivity index (χ0) is 23.7. The van der Waals surface area contributed by atoms with Crippen LogP contribution in [0.2, 0.25) is 0 Å². The molecule has 0 spiro atoms. The Hall–Kier alpha value is -2.87. The zero-order valence-corrected chi connectivity index (χ0v) is 19.9. The quantitative estimate of drug-likeness (QED) is 0.417. The fourth-order valence-electron chi connectivity index (χ4n) is 3.21. The van der Waals surface area contributed by atoms with Gasteiger partial charge in [0.05, 0.1) is 10.7 Å². The summed E-state index contributed by atoms with van der Waals surface area (Å²) in [6.07, 6.45) is 0.507. The summed E-state index contributed by atoms with van der Waals surface area (Å²) in [7, 11) is 0. The lowest BCUT2D eigenvalue weighted by atomic mass is 10.1. The van der Waals surface area contributed by atoms with Gasteiger partial charge in [-0.2, -0.15) is 0 Å². The first kappa shape index (κ1) is 25.4. The van der Waals surface area contributed by atoms with E-state index in [1.54, 1.807) is 17.0 Å². The van der Waals surface area contributed by atoms with Gasteiger partial charge in [-0.3, -0.25) is 19.7 Å². The van der Waals surface area contributed by atoms with Crippen LogP contribution < -0.4 is 5.32 Å². The number of thioether (sulfide) groups is 1. The van der Waals surface area contributed by atoms with Gasteiger partial charge in [0.15, 0.2) is 0 Å². The molecule has 7 nitrogen and oxygen atoms in total. The topological polar surface area (TPSA) is 92.6 Å². The third-order valence-corrected chi connectivity index (χ3v) is 5.71. The van der Waals surface area contributed by atoms with E-state index in [0.29, 0.717) is 18.7 Å². The summed E-state index contributed by atoms with van der Waals surface area (Å²) < 4.78 is 0. The van der Waals surface area contributed by atoms with Crippen molar-refractivity contribution in [2.45, 2.75) is 58.0 Å². The Balaban J connectivity index is 2.10. The molecule has 0 bridgehead atoms. The largest absolute Gasteiger partial charge is 0.350 e. The van der Waals surface area contributed by atoms with Crippen molar-refractivity contribution in [2.75, 3.05) is 5.75 Å². The average Bonchev–Trinajstić information content (AvgIpc) is 2.73. The van der Waals surface area contributed by atoms with Gasteiger partial charge in [0, 0.05) is 30.0 Å². The molecule has 8 heteroatoms. The van der Waals surface area contributed by atoms with E-state index in [2.05, 4.69) is 5.32 Å². The number of nitrogens with zero attached hydrogens (tertiary/aromatic N) is 2. The summed E-state index contributed by atoms with van der Waals surface area (Å²) in [6, 6.07) is 15.4. The Kier molecular flexibility index (Phi) is 9.26. The zero-order valence-electron chi connectivity index (χ0n) is 19.0. The number of nitrogens with one attached hydrogen (secondary N) is 1. The molecule has 0 aliphatic rings. The minimum atomic E-state index is -0.568. The molecule has 0 aliphatic carbocycles. The fraction of sp³-hybridized carbons (Fsp3) is 0.417. The number of non-ortho nitro benzene ring substituents is 1. The molecule has 0 radical (unpaired) electrons. The van der Waals surface area contributed by atoms with Crippen LogP contribution in [0.1, 0.15) is 45.2 Å². The Morgan fingerprint density at radius 2 is 1.69 bits per heavy atom. The van der Waals surface area contributed by atoms with Crippen molar-refractivity contribution in [1.29, 1.82) is 0 Å². The highest BCUT2D eigenvalue weighted by Crippen LogP contribution is 2.19. The molecule has 2 rings (SSSR count). The van der Waals surface area contributed by atoms with Crippen LogP contribution in [0.15, 0.2) is 54.6 Å². The van der Waals surface area contributed by atoms with E-state index in [4.69, 9.17) is 0 Å². The van der Waals surface area contributed by atoms with Crippen molar-refractivity contribution in [3.63, 3.8) is 0 Å². The second-order valence-corrected chi connectivity index (χ2v) is 9.57. The molecule has 1 atom stereocenters. The normalized spacial score (nSPS) is 12.1. The molecule has 0 unspecified atom stereocenters. The van der Waals surface area contributed by atoms with Gasteiger partial charge in [-0.05, 0) is 38.3 Å². The van der Waals surface area contributed by atoms with Gasteiger partial charge < -0.3 is 10.2 Å². The number of carbonyl (C=O) groups excluding carboxylic acids is 2. The summed E-state index contributed by atoms with van der Waals surface area (Å²) in [5.41, 5.74) is 1.51. The molecule has 0 saturated heterocycles. The monoisotopic (exact) mass is 457 g/mol. The molecule has 0 fully saturated rings. The van der Waals surface area contributed by atoms with Gasteiger partial charge >= 0.3 is 0 Å². The molecule has 2 aromatic carbocycles. The predicted molar refractivity (Wildman–Crippen MR) is 128 cm³/mol. The second-order valence-electron chi connectivity index (χ2n) is 8.59. The van der Waals surface area contributed by atoms with E-state index in [0.717, 1.165) is 11.1 Å². The van der Waals surface area contributed by atoms with Gasteiger partial charge in [0.25, 0.3) is 5.69 Å². The van der Waals surface area contributed by atoms with Gasteiger partial charge in [0.1, 0.15) is 6.04 Å². The maximum absolute atomic E-state index is 13.2. The molecule has 0 aromatic heterocycles. The summed E-state index contributed by atoms with van der Waals surface area (Å²) in [5.74, 6) is 0.484. The van der Waals surface area contributed by atoms with Crippen LogP contribution in [0, 0.1) is 10.1 Å². The number of hydrogen-bond acceptors (Lipinski definition) is 5. The highest BCUT2D eigenvalue weighted by molar-refractivity contribution is 7.99. The molecule has 2 aromatic rings. The van der Waals surface area contributed by atoms with Gasteiger partial charge in [-0.1, -0.05) is 49.4 Å². The third kappa shape index (κ3) is 8.00. The van der Waals surface area contributed by atoms with Crippen molar-refractivity contribution >= 4 is 29.3 Å². The summed E-state index contributed by atoms with van der Waals surface area (Å²) >= 11 is 1.43. The van der Waals surface area contributed by atoms with E-state index in [1.807, 2.05) is 58.0 Å². The number of rotatable bonds is 10. The lowest BCUT2D eigenvalue weighted by molar-refractivity contribution is -0.384. The fourth-order valence-corrected chi connectivity index (χ4v) is 4.08. The Morgan fingerprint density at radius 3 is 2.22 bits per heavy atom. The third-order valence-electron chi connectivity index (χ3n) is 4.72. The van der Waals surface area contributed by atoms with Crippen molar-refractivity contribution in [1.82, 2.24) is 10.2 Å². The molecule has 172 valence electrons.